The first-order valence-corrected chi connectivity index (χ1v) is 12.6. The number of aliphatic carboxylic acids is 2. The minimum Gasteiger partial charge on any atom is -0.480 e. The zero-order valence-electron chi connectivity index (χ0n) is 17.4. The second-order valence-electron chi connectivity index (χ2n) is 7.17. The Bertz CT molecular complexity index is 1390. The number of thiocarbonyl (C=S) groups is 1. The number of nitrogens with zero attached hydrogens (tertiary/aromatic N) is 6. The lowest BCUT2D eigenvalue weighted by molar-refractivity contribution is -0.153. The first kappa shape index (κ1) is 26.0. The van der Waals surface area contributed by atoms with Gasteiger partial charge in [-0.15, -0.1) is 28.2 Å². The number of nitrogens with two attached hydrogens (primary N) is 1. The molecule has 2 aliphatic heterocycles. The number of rotatable bonds is 8. The van der Waals surface area contributed by atoms with Crippen LogP contribution in [0.2, 0.25) is 0 Å². The van der Waals surface area contributed by atoms with E-state index >= 15 is 0 Å². The molecule has 19 heteroatoms. The lowest BCUT2D eigenvalue weighted by atomic mass is 9.87. The molecule has 1 saturated heterocycles. The second-order valence-corrected chi connectivity index (χ2v) is 10.3. The van der Waals surface area contributed by atoms with Gasteiger partial charge < -0.3 is 21.3 Å². The quantitative estimate of drug-likeness (QED) is 0.184. The first-order valence-electron chi connectivity index (χ1n) is 9.47. The Morgan fingerprint density at radius 3 is 2.64 bits per heavy atom. The molecule has 0 spiro atoms. The van der Waals surface area contributed by atoms with Gasteiger partial charge in [-0.1, -0.05) is 35.4 Å². The number of carbonyl (C=O) groups is 4. The van der Waals surface area contributed by atoms with E-state index in [0.29, 0.717) is 0 Å². The highest BCUT2D eigenvalue weighted by atomic mass is 35.5. The predicted octanol–water partition coefficient (Wildman–Crippen LogP) is 0.208. The molecule has 36 heavy (non-hydrogen) atoms. The van der Waals surface area contributed by atoms with E-state index in [4.69, 9.17) is 46.3 Å². The van der Waals surface area contributed by atoms with E-state index in [1.165, 1.54) is 5.38 Å². The number of halogens is 2. The van der Waals surface area contributed by atoms with Gasteiger partial charge in [0.25, 0.3) is 11.8 Å². The number of anilines is 1. The fraction of sp³-hybridized carbons (Fsp3) is 0.235. The molecule has 0 aliphatic carbocycles. The van der Waals surface area contributed by atoms with Crippen molar-refractivity contribution in [3.63, 3.8) is 0 Å². The molecule has 4 rings (SSSR count). The van der Waals surface area contributed by atoms with Crippen LogP contribution < -0.4 is 11.1 Å². The van der Waals surface area contributed by atoms with E-state index < -0.39 is 51.4 Å². The molecule has 2 aromatic heterocycles. The van der Waals surface area contributed by atoms with Gasteiger partial charge in [-0.05, 0) is 10.4 Å². The van der Waals surface area contributed by atoms with Crippen LogP contribution in [0.3, 0.4) is 0 Å². The molecule has 4 heterocycles. The molecule has 5 N–H and O–H groups in total. The third kappa shape index (κ3) is 4.21. The summed E-state index contributed by atoms with van der Waals surface area (Å²) in [7, 11) is 0. The van der Waals surface area contributed by atoms with Crippen molar-refractivity contribution in [2.45, 2.75) is 17.5 Å². The summed E-state index contributed by atoms with van der Waals surface area (Å²) < 4.78 is 0.468. The summed E-state index contributed by atoms with van der Waals surface area (Å²) >= 11 is 19.0. The average molecular weight is 591 g/mol. The van der Waals surface area contributed by atoms with Gasteiger partial charge in [0.05, 0.1) is 11.3 Å². The number of tetrazole rings is 1. The number of thioether (sulfide) groups is 1. The van der Waals surface area contributed by atoms with Gasteiger partial charge >= 0.3 is 11.9 Å². The molecule has 0 bridgehead atoms. The van der Waals surface area contributed by atoms with Crippen LogP contribution in [0, 0.1) is 0 Å². The Labute approximate surface area is 224 Å². The second kappa shape index (κ2) is 9.74. The zero-order chi connectivity index (χ0) is 26.4. The minimum atomic E-state index is -1.79. The van der Waals surface area contributed by atoms with Crippen molar-refractivity contribution in [3.05, 3.63) is 27.1 Å². The van der Waals surface area contributed by atoms with E-state index in [-0.39, 0.29) is 33.5 Å². The summed E-state index contributed by atoms with van der Waals surface area (Å²) in [6, 6.07) is 0. The van der Waals surface area contributed by atoms with Gasteiger partial charge in [0.1, 0.15) is 22.1 Å². The van der Waals surface area contributed by atoms with Crippen LogP contribution in [0.4, 0.5) is 5.13 Å². The molecule has 2 aliphatic rings. The number of aromatic nitrogens is 5. The standard InChI is InChI=1S/C17H12Cl2N8O6S3/c18-10(19)8(6-3-36-16(20)21-6)12(30)22-17(4-34)14(33)27-9(13(31)32)5(2-35-15(17)27)11-23-24-25-26(11)1-7(28)29/h3-4,15H,1-2H2,(H2,20,21)(H,22,30)(H,28,29)(H,31,32)/t15-,17?/m0/s1. The number of nitrogen functional groups attached to an aromatic ring is 1. The maximum absolute atomic E-state index is 13.3. The van der Waals surface area contributed by atoms with Crippen LogP contribution in [0.25, 0.3) is 11.1 Å². The van der Waals surface area contributed by atoms with E-state index in [1.807, 2.05) is 0 Å². The molecular formula is C17H12Cl2N8O6S3. The zero-order valence-corrected chi connectivity index (χ0v) is 21.4. The Morgan fingerprint density at radius 2 is 2.08 bits per heavy atom. The predicted molar refractivity (Wildman–Crippen MR) is 133 cm³/mol. The third-order valence-electron chi connectivity index (χ3n) is 5.10. The van der Waals surface area contributed by atoms with Crippen molar-refractivity contribution in [1.29, 1.82) is 0 Å². The van der Waals surface area contributed by atoms with E-state index in [1.54, 1.807) is 0 Å². The van der Waals surface area contributed by atoms with Crippen molar-refractivity contribution in [3.8, 4) is 0 Å². The molecule has 188 valence electrons. The van der Waals surface area contributed by atoms with Gasteiger partial charge in [0.15, 0.2) is 16.5 Å². The largest absolute Gasteiger partial charge is 0.480 e. The normalized spacial score (nSPS) is 20.9. The molecule has 1 unspecified atom stereocenters. The van der Waals surface area contributed by atoms with Crippen molar-refractivity contribution in [2.24, 2.45) is 0 Å². The van der Waals surface area contributed by atoms with E-state index in [9.17, 15) is 24.3 Å². The monoisotopic (exact) mass is 590 g/mol. The van der Waals surface area contributed by atoms with Gasteiger partial charge in [0, 0.05) is 22.1 Å². The van der Waals surface area contributed by atoms with Crippen molar-refractivity contribution in [1.82, 2.24) is 35.4 Å². The number of thiazole rings is 1. The number of β-lactam (4-membered cyclic amide) rings is 1. The Morgan fingerprint density at radius 1 is 1.36 bits per heavy atom. The fourth-order valence-corrected chi connectivity index (χ4v) is 6.34. The van der Waals surface area contributed by atoms with E-state index in [2.05, 4.69) is 25.8 Å². The molecular weight excluding hydrogens is 579 g/mol. The molecule has 2 atom stereocenters. The summed E-state index contributed by atoms with van der Waals surface area (Å²) in [6.45, 7) is -0.629. The smallest absolute Gasteiger partial charge is 0.353 e. The summed E-state index contributed by atoms with van der Waals surface area (Å²) in [5.41, 5.74) is 3.22. The van der Waals surface area contributed by atoms with Gasteiger partial charge in [-0.3, -0.25) is 19.3 Å². The summed E-state index contributed by atoms with van der Waals surface area (Å²) in [5.74, 6) is -4.64. The summed E-state index contributed by atoms with van der Waals surface area (Å²) in [5, 5.41) is 33.9. The highest BCUT2D eigenvalue weighted by Gasteiger charge is 2.65. The number of hydrogen-bond donors (Lipinski definition) is 4. The number of carboxylic acids is 2. The van der Waals surface area contributed by atoms with Gasteiger partial charge in [0.2, 0.25) is 0 Å². The highest BCUT2D eigenvalue weighted by Crippen LogP contribution is 2.47. The number of carboxylic acid groups (broad SMARTS) is 2. The molecule has 0 saturated carbocycles. The fourth-order valence-electron chi connectivity index (χ4n) is 3.61. The number of amides is 2. The molecule has 0 aromatic carbocycles. The summed E-state index contributed by atoms with van der Waals surface area (Å²) in [4.78, 5) is 54.7. The molecule has 2 aromatic rings. The maximum Gasteiger partial charge on any atom is 0.353 e. The number of nitrogens with one attached hydrogen (secondary N) is 1. The highest BCUT2D eigenvalue weighted by molar-refractivity contribution is 8.00. The first-order chi connectivity index (χ1) is 17.0. The molecule has 0 radical (unpaired) electrons. The van der Waals surface area contributed by atoms with Crippen LogP contribution in [0.1, 0.15) is 11.5 Å². The van der Waals surface area contributed by atoms with Crippen LogP contribution in [-0.2, 0) is 25.7 Å². The average Bonchev–Trinajstić information content (AvgIpc) is 3.44. The van der Waals surface area contributed by atoms with Crippen molar-refractivity contribution in [2.75, 3.05) is 11.5 Å². The Balaban J connectivity index is 1.70. The summed E-state index contributed by atoms with van der Waals surface area (Å²) in [6.07, 6.45) is 0. The number of hydrogen-bond acceptors (Lipinski definition) is 12. The van der Waals surface area contributed by atoms with E-state index in [0.717, 1.165) is 38.0 Å². The molecule has 2 amide bonds. The Hall–Kier alpha value is -3.12. The lowest BCUT2D eigenvalue weighted by Gasteiger charge is -2.55. The number of fused-ring (bicyclic) bond motifs is 1. The molecule has 1 fully saturated rings. The minimum absolute atomic E-state index is 0.0231. The Kier molecular flexibility index (Phi) is 7.02. The van der Waals surface area contributed by atoms with Crippen LogP contribution in [0.5, 0.6) is 0 Å². The maximum atomic E-state index is 13.3. The van der Waals surface area contributed by atoms with Crippen molar-refractivity contribution >= 4 is 104 Å². The lowest BCUT2D eigenvalue weighted by Crippen LogP contribution is -2.80. The van der Waals surface area contributed by atoms with Crippen molar-refractivity contribution < 1.29 is 29.4 Å². The van der Waals surface area contributed by atoms with Crippen LogP contribution >= 0.6 is 58.5 Å². The third-order valence-corrected chi connectivity index (χ3v) is 7.88. The molecule has 14 nitrogen and oxygen atoms in total. The van der Waals surface area contributed by atoms with Crippen LogP contribution in [0.15, 0.2) is 15.6 Å². The van der Waals surface area contributed by atoms with Crippen LogP contribution in [-0.4, -0.2) is 86.1 Å². The van der Waals surface area contributed by atoms with Gasteiger partial charge in [-0.25, -0.2) is 14.5 Å². The van der Waals surface area contributed by atoms with Gasteiger partial charge in [-0.2, -0.15) is 0 Å². The topological polar surface area (TPSA) is 207 Å². The number of carbonyl (C=O) groups excluding carboxylic acids is 2. The SMILES string of the molecule is Nc1nc(C(C(=O)NC2(C=S)C(=O)N3C(C(=O)O)=C(c4nnnn4CC(=O)O)CS[C@H]32)=C(Cl)Cl)cs1.